The molecule has 3 aromatic rings. The van der Waals surface area contributed by atoms with Crippen LogP contribution >= 0.6 is 0 Å². The summed E-state index contributed by atoms with van der Waals surface area (Å²) in [5.41, 5.74) is 1.55. The highest BCUT2D eigenvalue weighted by atomic mass is 16.6. The summed E-state index contributed by atoms with van der Waals surface area (Å²) in [6.45, 7) is 11.0. The van der Waals surface area contributed by atoms with E-state index in [1.165, 1.54) is 23.1 Å². The Labute approximate surface area is 230 Å². The number of carbonyl (C=O) groups excluding carboxylic acids is 2. The van der Waals surface area contributed by atoms with Crippen LogP contribution in [0, 0.1) is 16.0 Å². The van der Waals surface area contributed by atoms with Gasteiger partial charge in [0.1, 0.15) is 12.3 Å². The van der Waals surface area contributed by atoms with Gasteiger partial charge in [-0.15, -0.1) is 0 Å². The molecule has 0 aliphatic carbocycles. The lowest BCUT2D eigenvalue weighted by atomic mass is 10.0. The summed E-state index contributed by atoms with van der Waals surface area (Å²) in [6, 6.07) is 17.4. The van der Waals surface area contributed by atoms with Crippen molar-refractivity contribution in [2.24, 2.45) is 5.92 Å². The number of nitro benzene ring substituents is 1. The second-order valence-electron chi connectivity index (χ2n) is 11.0. The van der Waals surface area contributed by atoms with Crippen molar-refractivity contribution in [1.29, 1.82) is 0 Å². The van der Waals surface area contributed by atoms with E-state index in [0.717, 1.165) is 17.0 Å². The molecule has 2 amide bonds. The minimum absolute atomic E-state index is 0.101. The second kappa shape index (κ2) is 12.6. The number of benzene rings is 2. The number of hydrogen-bond acceptors (Lipinski definition) is 5. The standard InChI is InChI=1S/C30H38N4O5/c1-22(2)18-32(29(36)24-11-8-12-25(17-24)34(37)38)21-28(35)33(30(3,4)5)20-26-13-9-15-31(26)19-23-10-7-14-27(16-23)39-6/h7-17,22H,18-21H2,1-6H3. The third-order valence-electron chi connectivity index (χ3n) is 6.34. The third kappa shape index (κ3) is 7.92. The zero-order valence-corrected chi connectivity index (χ0v) is 23.6. The molecule has 9 heteroatoms. The van der Waals surface area contributed by atoms with Crippen LogP contribution in [0.4, 0.5) is 5.69 Å². The van der Waals surface area contributed by atoms with Gasteiger partial charge in [0.25, 0.3) is 11.6 Å². The fraction of sp³-hybridized carbons (Fsp3) is 0.400. The SMILES string of the molecule is COc1cccc(Cn2cccc2CN(C(=O)CN(CC(C)C)C(=O)c2cccc([N+](=O)[O-])c2)C(C)(C)C)c1. The fourth-order valence-corrected chi connectivity index (χ4v) is 4.42. The lowest BCUT2D eigenvalue weighted by Gasteiger charge is -2.37. The van der Waals surface area contributed by atoms with Gasteiger partial charge in [-0.25, -0.2) is 0 Å². The average Bonchev–Trinajstić information content (AvgIpc) is 3.32. The van der Waals surface area contributed by atoms with Crippen molar-refractivity contribution >= 4 is 17.5 Å². The van der Waals surface area contributed by atoms with Crippen LogP contribution in [-0.4, -0.2) is 56.8 Å². The number of nitro groups is 1. The van der Waals surface area contributed by atoms with Gasteiger partial charge < -0.3 is 19.1 Å². The van der Waals surface area contributed by atoms with Crippen LogP contribution in [0.25, 0.3) is 0 Å². The maximum atomic E-state index is 13.8. The second-order valence-corrected chi connectivity index (χ2v) is 11.0. The molecule has 3 rings (SSSR count). The Balaban J connectivity index is 1.84. The van der Waals surface area contributed by atoms with Crippen molar-refractivity contribution in [3.05, 3.63) is 93.8 Å². The molecule has 39 heavy (non-hydrogen) atoms. The third-order valence-corrected chi connectivity index (χ3v) is 6.34. The van der Waals surface area contributed by atoms with Gasteiger partial charge in [0.05, 0.1) is 18.6 Å². The highest BCUT2D eigenvalue weighted by Crippen LogP contribution is 2.22. The number of rotatable bonds is 11. The summed E-state index contributed by atoms with van der Waals surface area (Å²) in [5, 5.41) is 11.2. The molecule has 208 valence electrons. The van der Waals surface area contributed by atoms with Gasteiger partial charge in [0.15, 0.2) is 0 Å². The molecule has 0 bridgehead atoms. The first kappa shape index (κ1) is 29.4. The number of aromatic nitrogens is 1. The summed E-state index contributed by atoms with van der Waals surface area (Å²) in [6.07, 6.45) is 1.98. The summed E-state index contributed by atoms with van der Waals surface area (Å²) in [4.78, 5) is 41.1. The summed E-state index contributed by atoms with van der Waals surface area (Å²) in [7, 11) is 1.64. The zero-order chi connectivity index (χ0) is 28.7. The molecular weight excluding hydrogens is 496 g/mol. The largest absolute Gasteiger partial charge is 0.497 e. The van der Waals surface area contributed by atoms with Crippen molar-refractivity contribution in [1.82, 2.24) is 14.4 Å². The van der Waals surface area contributed by atoms with Crippen LogP contribution in [0.1, 0.15) is 56.2 Å². The molecule has 0 unspecified atom stereocenters. The number of hydrogen-bond donors (Lipinski definition) is 0. The van der Waals surface area contributed by atoms with E-state index < -0.39 is 16.4 Å². The van der Waals surface area contributed by atoms with Crippen molar-refractivity contribution in [3.63, 3.8) is 0 Å². The molecule has 0 spiro atoms. The summed E-state index contributed by atoms with van der Waals surface area (Å²) >= 11 is 0. The van der Waals surface area contributed by atoms with Crippen LogP contribution in [0.5, 0.6) is 5.75 Å². The first-order valence-corrected chi connectivity index (χ1v) is 13.0. The number of amides is 2. The number of non-ortho nitro benzene ring substituents is 1. The molecule has 2 aromatic carbocycles. The number of methoxy groups -OCH3 is 1. The Morgan fingerprint density at radius 3 is 2.41 bits per heavy atom. The minimum Gasteiger partial charge on any atom is -0.497 e. The van der Waals surface area contributed by atoms with Gasteiger partial charge in [-0.05, 0) is 62.6 Å². The Hall–Kier alpha value is -4.14. The summed E-state index contributed by atoms with van der Waals surface area (Å²) in [5.74, 6) is 0.280. The van der Waals surface area contributed by atoms with Crippen LogP contribution in [0.15, 0.2) is 66.9 Å². The average molecular weight is 535 g/mol. The summed E-state index contributed by atoms with van der Waals surface area (Å²) < 4.78 is 7.45. The number of nitrogens with zero attached hydrogens (tertiary/aromatic N) is 4. The van der Waals surface area contributed by atoms with Crippen molar-refractivity contribution in [3.8, 4) is 5.75 Å². The number of ether oxygens (including phenoxy) is 1. The van der Waals surface area contributed by atoms with Gasteiger partial charge in [0, 0.05) is 48.2 Å². The molecular formula is C30H38N4O5. The minimum atomic E-state index is -0.531. The normalized spacial score (nSPS) is 11.4. The van der Waals surface area contributed by atoms with E-state index in [0.29, 0.717) is 19.6 Å². The topological polar surface area (TPSA) is 97.9 Å². The van der Waals surface area contributed by atoms with Crippen LogP contribution in [-0.2, 0) is 17.9 Å². The molecule has 0 radical (unpaired) electrons. The Morgan fingerprint density at radius 2 is 1.77 bits per heavy atom. The molecule has 0 fully saturated rings. The molecule has 0 aliphatic heterocycles. The Morgan fingerprint density at radius 1 is 1.05 bits per heavy atom. The van der Waals surface area contributed by atoms with Crippen molar-refractivity contribution < 1.29 is 19.2 Å². The molecule has 0 saturated carbocycles. The highest BCUT2D eigenvalue weighted by molar-refractivity contribution is 5.97. The van der Waals surface area contributed by atoms with Gasteiger partial charge in [-0.1, -0.05) is 32.0 Å². The van der Waals surface area contributed by atoms with Crippen LogP contribution < -0.4 is 4.74 Å². The molecule has 0 saturated heterocycles. The van der Waals surface area contributed by atoms with E-state index in [-0.39, 0.29) is 29.6 Å². The molecule has 0 N–H and O–H groups in total. The molecule has 1 aromatic heterocycles. The Kier molecular flexibility index (Phi) is 9.51. The van der Waals surface area contributed by atoms with Gasteiger partial charge in [0.2, 0.25) is 5.91 Å². The van der Waals surface area contributed by atoms with E-state index in [2.05, 4.69) is 4.57 Å². The first-order valence-electron chi connectivity index (χ1n) is 13.0. The quantitative estimate of drug-likeness (QED) is 0.243. The maximum absolute atomic E-state index is 13.8. The monoisotopic (exact) mass is 534 g/mol. The van der Waals surface area contributed by atoms with E-state index in [1.807, 2.05) is 77.2 Å². The fourth-order valence-electron chi connectivity index (χ4n) is 4.42. The van der Waals surface area contributed by atoms with Crippen LogP contribution in [0.3, 0.4) is 0 Å². The Bertz CT molecular complexity index is 1310. The van der Waals surface area contributed by atoms with Crippen molar-refractivity contribution in [2.75, 3.05) is 20.2 Å². The zero-order valence-electron chi connectivity index (χ0n) is 23.6. The predicted octanol–water partition coefficient (Wildman–Crippen LogP) is 5.38. The van der Waals surface area contributed by atoms with Gasteiger partial charge in [-0.3, -0.25) is 19.7 Å². The number of carbonyl (C=O) groups is 2. The van der Waals surface area contributed by atoms with E-state index in [9.17, 15) is 19.7 Å². The van der Waals surface area contributed by atoms with E-state index >= 15 is 0 Å². The van der Waals surface area contributed by atoms with Gasteiger partial charge in [-0.2, -0.15) is 0 Å². The van der Waals surface area contributed by atoms with E-state index in [1.54, 1.807) is 18.1 Å². The molecule has 1 heterocycles. The molecule has 9 nitrogen and oxygen atoms in total. The van der Waals surface area contributed by atoms with Gasteiger partial charge >= 0.3 is 0 Å². The lowest BCUT2D eigenvalue weighted by Crippen LogP contribution is -2.50. The molecule has 0 aliphatic rings. The predicted molar refractivity (Wildman–Crippen MR) is 151 cm³/mol. The van der Waals surface area contributed by atoms with E-state index in [4.69, 9.17) is 4.74 Å². The lowest BCUT2D eigenvalue weighted by molar-refractivity contribution is -0.384. The highest BCUT2D eigenvalue weighted by Gasteiger charge is 2.30. The smallest absolute Gasteiger partial charge is 0.270 e. The maximum Gasteiger partial charge on any atom is 0.270 e. The first-order chi connectivity index (χ1) is 18.4. The van der Waals surface area contributed by atoms with Crippen molar-refractivity contribution in [2.45, 2.75) is 53.2 Å². The molecule has 0 atom stereocenters. The van der Waals surface area contributed by atoms with Crippen LogP contribution in [0.2, 0.25) is 0 Å².